The van der Waals surface area contributed by atoms with Crippen LogP contribution < -0.4 is 10.1 Å². The Labute approximate surface area is 164 Å². The van der Waals surface area contributed by atoms with E-state index in [-0.39, 0.29) is 16.8 Å². The van der Waals surface area contributed by atoms with Gasteiger partial charge in [-0.1, -0.05) is 24.8 Å². The van der Waals surface area contributed by atoms with Crippen molar-refractivity contribution in [2.45, 2.75) is 0 Å². The molecule has 6 nitrogen and oxygen atoms in total. The highest BCUT2D eigenvalue weighted by atomic mass is 79.9. The van der Waals surface area contributed by atoms with Crippen molar-refractivity contribution < 1.29 is 19.4 Å². The van der Waals surface area contributed by atoms with E-state index in [1.165, 1.54) is 24.3 Å². The number of hydrogen-bond donors (Lipinski definition) is 2. The molecule has 0 radical (unpaired) electrons. The zero-order valence-electron chi connectivity index (χ0n) is 14.1. The number of halogens is 1. The molecule has 2 N–H and O–H groups in total. The molecule has 1 amide bonds. The molecule has 0 fully saturated rings. The summed E-state index contributed by atoms with van der Waals surface area (Å²) in [6.07, 6.45) is 3.05. The Morgan fingerprint density at radius 1 is 1.30 bits per heavy atom. The fourth-order valence-electron chi connectivity index (χ4n) is 2.12. The average molecular weight is 427 g/mol. The normalized spacial score (nSPS) is 10.6. The predicted molar refractivity (Wildman–Crippen MR) is 105 cm³/mol. The minimum Gasteiger partial charge on any atom is -0.488 e. The zero-order chi connectivity index (χ0) is 19.8. The summed E-state index contributed by atoms with van der Waals surface area (Å²) in [5.41, 5.74) is 0.825. The van der Waals surface area contributed by atoms with Gasteiger partial charge in [0.1, 0.15) is 24.0 Å². The van der Waals surface area contributed by atoms with Gasteiger partial charge in [0.05, 0.1) is 10.0 Å². The molecule has 0 aliphatic rings. The van der Waals surface area contributed by atoms with Gasteiger partial charge in [0.25, 0.3) is 5.91 Å². The Hall–Kier alpha value is -3.37. The van der Waals surface area contributed by atoms with E-state index in [2.05, 4.69) is 27.8 Å². The van der Waals surface area contributed by atoms with Gasteiger partial charge in [-0.15, -0.1) is 0 Å². The molecule has 0 aliphatic carbocycles. The van der Waals surface area contributed by atoms with Crippen molar-refractivity contribution in [2.24, 2.45) is 0 Å². The van der Waals surface area contributed by atoms with Crippen molar-refractivity contribution in [2.75, 3.05) is 11.9 Å². The molecule has 27 heavy (non-hydrogen) atoms. The first-order valence-corrected chi connectivity index (χ1v) is 8.53. The van der Waals surface area contributed by atoms with Crippen LogP contribution in [0.3, 0.4) is 0 Å². The molecular formula is C20H15BrN2O4. The van der Waals surface area contributed by atoms with E-state index in [0.29, 0.717) is 22.4 Å². The second-order valence-electron chi connectivity index (χ2n) is 5.30. The van der Waals surface area contributed by atoms with Crippen molar-refractivity contribution in [3.05, 3.63) is 76.3 Å². The standard InChI is InChI=1S/C20H15BrN2O4/c1-2-8-27-18-7-6-13(10-17(18)21)9-15(12-22)19(24)23-16-5-3-4-14(11-16)20(25)26/h2-7,9-11H,1,8H2,(H,23,24)(H,25,26)/b15-9-. The Balaban J connectivity index is 2.20. The number of carboxylic acids is 1. The smallest absolute Gasteiger partial charge is 0.335 e. The van der Waals surface area contributed by atoms with Crippen LogP contribution in [0.4, 0.5) is 5.69 Å². The molecular weight excluding hydrogens is 412 g/mol. The SMILES string of the molecule is C=CCOc1ccc(/C=C(/C#N)C(=O)Nc2cccc(C(=O)O)c2)cc1Br. The molecule has 0 unspecified atom stereocenters. The number of rotatable bonds is 7. The molecule has 0 saturated carbocycles. The molecule has 2 rings (SSSR count). The fourth-order valence-corrected chi connectivity index (χ4v) is 2.63. The summed E-state index contributed by atoms with van der Waals surface area (Å²) in [5.74, 6) is -1.13. The van der Waals surface area contributed by atoms with Crippen LogP contribution >= 0.6 is 15.9 Å². The Bertz CT molecular complexity index is 961. The number of benzene rings is 2. The van der Waals surface area contributed by atoms with Gasteiger partial charge in [0, 0.05) is 5.69 Å². The molecule has 0 aromatic heterocycles. The average Bonchev–Trinajstić information content (AvgIpc) is 2.65. The van der Waals surface area contributed by atoms with Crippen molar-refractivity contribution in [3.8, 4) is 11.8 Å². The summed E-state index contributed by atoms with van der Waals surface area (Å²) in [6, 6.07) is 12.8. The van der Waals surface area contributed by atoms with Crippen molar-refractivity contribution in [1.82, 2.24) is 0 Å². The van der Waals surface area contributed by atoms with Crippen LogP contribution in [0, 0.1) is 11.3 Å². The molecule has 0 heterocycles. The van der Waals surface area contributed by atoms with Crippen molar-refractivity contribution in [1.29, 1.82) is 5.26 Å². The van der Waals surface area contributed by atoms with Crippen LogP contribution in [0.5, 0.6) is 5.75 Å². The molecule has 136 valence electrons. The van der Waals surface area contributed by atoms with Gasteiger partial charge >= 0.3 is 5.97 Å². The predicted octanol–water partition coefficient (Wildman–Crippen LogP) is 4.26. The summed E-state index contributed by atoms with van der Waals surface area (Å²) in [7, 11) is 0. The molecule has 7 heteroatoms. The highest BCUT2D eigenvalue weighted by Crippen LogP contribution is 2.27. The van der Waals surface area contributed by atoms with Crippen LogP contribution in [-0.2, 0) is 4.79 Å². The van der Waals surface area contributed by atoms with Gasteiger partial charge < -0.3 is 15.2 Å². The monoisotopic (exact) mass is 426 g/mol. The fraction of sp³-hybridized carbons (Fsp3) is 0.0500. The second kappa shape index (κ2) is 9.36. The molecule has 2 aromatic rings. The first-order valence-electron chi connectivity index (χ1n) is 7.74. The van der Waals surface area contributed by atoms with Crippen LogP contribution in [0.2, 0.25) is 0 Å². The van der Waals surface area contributed by atoms with Crippen molar-refractivity contribution in [3.63, 3.8) is 0 Å². The highest BCUT2D eigenvalue weighted by Gasteiger charge is 2.12. The lowest BCUT2D eigenvalue weighted by Crippen LogP contribution is -2.13. The van der Waals surface area contributed by atoms with Gasteiger partial charge in [0.15, 0.2) is 0 Å². The second-order valence-corrected chi connectivity index (χ2v) is 6.15. The van der Waals surface area contributed by atoms with Crippen LogP contribution in [-0.4, -0.2) is 23.6 Å². The van der Waals surface area contributed by atoms with Gasteiger partial charge in [-0.25, -0.2) is 4.79 Å². The third-order valence-electron chi connectivity index (χ3n) is 3.36. The number of carbonyl (C=O) groups excluding carboxylic acids is 1. The maximum atomic E-state index is 12.3. The third kappa shape index (κ3) is 5.56. The quantitative estimate of drug-likeness (QED) is 0.391. The zero-order valence-corrected chi connectivity index (χ0v) is 15.7. The van der Waals surface area contributed by atoms with Gasteiger partial charge in [-0.2, -0.15) is 5.26 Å². The Morgan fingerprint density at radius 3 is 2.70 bits per heavy atom. The summed E-state index contributed by atoms with van der Waals surface area (Å²) >= 11 is 3.37. The van der Waals surface area contributed by atoms with Crippen LogP contribution in [0.1, 0.15) is 15.9 Å². The maximum Gasteiger partial charge on any atom is 0.335 e. The first-order chi connectivity index (χ1) is 12.9. The highest BCUT2D eigenvalue weighted by molar-refractivity contribution is 9.10. The number of aromatic carboxylic acids is 1. The minimum atomic E-state index is -1.11. The number of nitrogens with one attached hydrogen (secondary N) is 1. The Kier molecular flexibility index (Phi) is 6.92. The number of nitriles is 1. The Morgan fingerprint density at radius 2 is 2.07 bits per heavy atom. The topological polar surface area (TPSA) is 99.4 Å². The largest absolute Gasteiger partial charge is 0.488 e. The van der Waals surface area contributed by atoms with Gasteiger partial charge in [-0.3, -0.25) is 4.79 Å². The number of nitrogens with zero attached hydrogens (tertiary/aromatic N) is 1. The van der Waals surface area contributed by atoms with E-state index in [0.717, 1.165) is 0 Å². The van der Waals surface area contributed by atoms with E-state index in [4.69, 9.17) is 9.84 Å². The lowest BCUT2D eigenvalue weighted by atomic mass is 10.1. The summed E-state index contributed by atoms with van der Waals surface area (Å²) in [4.78, 5) is 23.3. The molecule has 0 saturated heterocycles. The lowest BCUT2D eigenvalue weighted by Gasteiger charge is -2.07. The molecule has 0 bridgehead atoms. The summed E-state index contributed by atoms with van der Waals surface area (Å²) in [6.45, 7) is 3.94. The van der Waals surface area contributed by atoms with Gasteiger partial charge in [-0.05, 0) is 57.9 Å². The summed E-state index contributed by atoms with van der Waals surface area (Å²) < 4.78 is 6.12. The first kappa shape index (κ1) is 19.9. The third-order valence-corrected chi connectivity index (χ3v) is 3.98. The van der Waals surface area contributed by atoms with E-state index in [1.54, 1.807) is 30.3 Å². The molecule has 0 aliphatic heterocycles. The number of anilines is 1. The number of carbonyl (C=O) groups is 2. The molecule has 2 aromatic carbocycles. The van der Waals surface area contributed by atoms with Crippen LogP contribution in [0.25, 0.3) is 6.08 Å². The molecule has 0 spiro atoms. The van der Waals surface area contributed by atoms with Crippen LogP contribution in [0.15, 0.2) is 65.2 Å². The van der Waals surface area contributed by atoms with Crippen molar-refractivity contribution >= 4 is 39.6 Å². The number of ether oxygens (including phenoxy) is 1. The minimum absolute atomic E-state index is 0.0364. The summed E-state index contributed by atoms with van der Waals surface area (Å²) in [5, 5.41) is 20.8. The van der Waals surface area contributed by atoms with Gasteiger partial charge in [0.2, 0.25) is 0 Å². The maximum absolute atomic E-state index is 12.3. The number of carboxylic acid groups (broad SMARTS) is 1. The van der Waals surface area contributed by atoms with E-state index in [1.807, 2.05) is 6.07 Å². The number of amides is 1. The lowest BCUT2D eigenvalue weighted by molar-refractivity contribution is -0.112. The van der Waals surface area contributed by atoms with E-state index >= 15 is 0 Å². The number of hydrogen-bond acceptors (Lipinski definition) is 4. The van der Waals surface area contributed by atoms with E-state index < -0.39 is 11.9 Å². The molecule has 0 atom stereocenters. The van der Waals surface area contributed by atoms with E-state index in [9.17, 15) is 14.9 Å².